The molecule has 24 heteroatoms. The molecule has 0 radical (unpaired) electrons. The summed E-state index contributed by atoms with van der Waals surface area (Å²) in [5.74, 6) is 2.29. The van der Waals surface area contributed by atoms with Crippen LogP contribution in [0.2, 0.25) is 0 Å². The lowest BCUT2D eigenvalue weighted by Gasteiger charge is -1.87. The van der Waals surface area contributed by atoms with E-state index in [2.05, 4.69) is 161 Å². The SMILES string of the molecule is CC.CC.CC.CC.CC.CC.CC.CC.CC.CC.CC.CC.Cc1cc[n+](C)cc1.Cc1ccc[n+](C)c1.Cc1cccc[n+]1C.Cc1cccnn1.Cc1ccncn1.Cc1ccnnc1.Cc1cnccn1.Cc1cncnc1.Cc1cnncn1.Cc1ncccn1.Cc1nccnn1.Cc1ncncn1. The summed E-state index contributed by atoms with van der Waals surface area (Å²) in [6.45, 7) is 71.3. The summed E-state index contributed by atoms with van der Waals surface area (Å²) in [4.78, 5) is 49.4. The van der Waals surface area contributed by atoms with Gasteiger partial charge < -0.3 is 0 Å². The minimum absolute atomic E-state index is 0.711. The molecule has 0 amide bonds. The second kappa shape index (κ2) is 115. The Hall–Kier alpha value is -11.0. The van der Waals surface area contributed by atoms with E-state index in [0.29, 0.717) is 5.82 Å². The summed E-state index contributed by atoms with van der Waals surface area (Å²) in [6.07, 6.45) is 41.3. The van der Waals surface area contributed by atoms with E-state index in [1.54, 1.807) is 99.7 Å². The third-order valence-electron chi connectivity index (χ3n) is 9.64. The number of aromatic nitrogens is 24. The lowest BCUT2D eigenvalue weighted by molar-refractivity contribution is -0.677. The molecule has 12 aromatic heterocycles. The van der Waals surface area contributed by atoms with Crippen LogP contribution in [0.4, 0.5) is 0 Å². The van der Waals surface area contributed by atoms with Gasteiger partial charge in [0.1, 0.15) is 70.3 Å². The molecule has 111 heavy (non-hydrogen) atoms. The van der Waals surface area contributed by atoms with Crippen molar-refractivity contribution in [1.29, 1.82) is 0 Å². The first kappa shape index (κ1) is 127. The maximum atomic E-state index is 3.92. The molecule has 12 aromatic rings. The number of hydrogen-bond acceptors (Lipinski definition) is 21. The van der Waals surface area contributed by atoms with E-state index in [4.69, 9.17) is 0 Å². The Bertz CT molecular complexity index is 2850. The van der Waals surface area contributed by atoms with Crippen LogP contribution in [0.5, 0.6) is 0 Å². The molecule has 0 aliphatic rings. The largest absolute Gasteiger partial charge is 0.261 e. The third-order valence-corrected chi connectivity index (χ3v) is 9.64. The van der Waals surface area contributed by atoms with E-state index in [-0.39, 0.29) is 0 Å². The van der Waals surface area contributed by atoms with Crippen LogP contribution in [0.3, 0.4) is 0 Å². The fourth-order valence-corrected chi connectivity index (χ4v) is 5.04. The lowest BCUT2D eigenvalue weighted by atomic mass is 10.3. The number of nitrogens with zero attached hydrogens (tertiary/aromatic N) is 24. The Balaban J connectivity index is -0.0000000939. The van der Waals surface area contributed by atoms with Crippen LogP contribution >= 0.6 is 0 Å². The molecule has 0 saturated heterocycles. The summed E-state index contributed by atoms with van der Waals surface area (Å²) >= 11 is 0. The van der Waals surface area contributed by atoms with Gasteiger partial charge in [-0.3, -0.25) is 9.97 Å². The molecular weight excluding hydrogens is 1380 g/mol. The van der Waals surface area contributed by atoms with Crippen molar-refractivity contribution < 1.29 is 13.7 Å². The van der Waals surface area contributed by atoms with Crippen molar-refractivity contribution in [2.45, 2.75) is 249 Å². The fraction of sp³-hybridized carbons (Fsp3) is 0.448. The van der Waals surface area contributed by atoms with Gasteiger partial charge in [0.05, 0.1) is 35.7 Å². The van der Waals surface area contributed by atoms with E-state index in [9.17, 15) is 0 Å². The topological polar surface area (TPSA) is 282 Å². The summed E-state index contributed by atoms with van der Waals surface area (Å²) in [6, 6.07) is 23.8. The van der Waals surface area contributed by atoms with Crippen LogP contribution in [-0.2, 0) is 21.1 Å². The Morgan fingerprint density at radius 1 is 0.225 bits per heavy atom. The Kier molecular flexibility index (Phi) is 131. The highest BCUT2D eigenvalue weighted by Gasteiger charge is 1.92. The average molecular weight is 1540 g/mol. The second-order valence-corrected chi connectivity index (χ2v) is 17.9. The van der Waals surface area contributed by atoms with Crippen LogP contribution in [0.15, 0.2) is 222 Å². The highest BCUT2D eigenvalue weighted by Crippen LogP contribution is 1.90. The first-order chi connectivity index (χ1) is 53.9. The molecular formula is C87H153N24+3. The fourth-order valence-electron chi connectivity index (χ4n) is 5.04. The quantitative estimate of drug-likeness (QED) is 0.127. The summed E-state index contributed by atoms with van der Waals surface area (Å²) < 4.78 is 6.14. The van der Waals surface area contributed by atoms with E-state index >= 15 is 0 Å². The normalized spacial score (nSPS) is 7.59. The molecule has 0 unspecified atom stereocenters. The van der Waals surface area contributed by atoms with Crippen LogP contribution in [0.25, 0.3) is 0 Å². The monoisotopic (exact) mass is 1530 g/mol. The zero-order chi connectivity index (χ0) is 88.0. The first-order valence-electron chi connectivity index (χ1n) is 38.8. The zero-order valence-electron chi connectivity index (χ0n) is 76.5. The van der Waals surface area contributed by atoms with Gasteiger partial charge in [0.25, 0.3) is 0 Å². The van der Waals surface area contributed by atoms with Gasteiger partial charge in [0, 0.05) is 117 Å². The minimum atomic E-state index is 0.711. The van der Waals surface area contributed by atoms with Crippen molar-refractivity contribution in [2.24, 2.45) is 21.1 Å². The predicted molar refractivity (Wildman–Crippen MR) is 468 cm³/mol. The molecule has 12 heterocycles. The van der Waals surface area contributed by atoms with E-state index < -0.39 is 0 Å². The van der Waals surface area contributed by atoms with Gasteiger partial charge in [-0.1, -0.05) is 172 Å². The summed E-state index contributed by atoms with van der Waals surface area (Å²) in [5, 5.41) is 28.8. The van der Waals surface area contributed by atoms with Crippen molar-refractivity contribution in [3.05, 3.63) is 290 Å². The molecule has 0 N–H and O–H groups in total. The third kappa shape index (κ3) is 110. The molecule has 0 bridgehead atoms. The van der Waals surface area contributed by atoms with Crippen molar-refractivity contribution in [2.75, 3.05) is 0 Å². The second-order valence-electron chi connectivity index (χ2n) is 17.9. The van der Waals surface area contributed by atoms with E-state index in [0.717, 1.165) is 45.6 Å². The van der Waals surface area contributed by atoms with Crippen molar-refractivity contribution in [3.8, 4) is 0 Å². The molecule has 24 nitrogen and oxygen atoms in total. The standard InChI is InChI=1S/3C7H10N.6C5H6N2.3C4H5N3.12C2H6/c1-7-3-5-8(2)6-4-7;1-7-4-3-5-8(2)6-7;1-7-5-3-4-6-8(7)2;1-5-2-6-4-7-3-5;1-5-4-6-2-3-7-5;1-5-2-3-6-4-7-5;1-5-2-3-6-7-4-5;1-5-6-3-2-4-7-5;1-5-3-2-4-6-7-5;1-4-6-2-5-3-7-4;1-4-2-6-7-3-5-4;1-4-5-2-3-6-7-4;12*1-2/h3*3-6H,1-2H3;6*2-4H,1H3;3*2-3H,1H3;12*1-2H3/q3*+1;;;;;;;;;;;;;;;;;;;;;. The van der Waals surface area contributed by atoms with Crippen LogP contribution in [-0.4, -0.2) is 106 Å². The van der Waals surface area contributed by atoms with Crippen LogP contribution < -0.4 is 13.7 Å². The smallest absolute Gasteiger partial charge is 0.177 e. The highest BCUT2D eigenvalue weighted by molar-refractivity contribution is 5.04. The van der Waals surface area contributed by atoms with Gasteiger partial charge in [-0.25, -0.2) is 68.5 Å². The van der Waals surface area contributed by atoms with Crippen LogP contribution in [0.1, 0.15) is 234 Å². The number of pyridine rings is 3. The molecule has 618 valence electrons. The lowest BCUT2D eigenvalue weighted by Crippen LogP contribution is -2.30. The highest BCUT2D eigenvalue weighted by atomic mass is 15.1. The number of rotatable bonds is 0. The molecule has 0 fully saturated rings. The maximum absolute atomic E-state index is 3.92. The molecule has 0 spiro atoms. The van der Waals surface area contributed by atoms with Gasteiger partial charge in [-0.2, -0.15) is 30.6 Å². The minimum Gasteiger partial charge on any atom is -0.261 e. The van der Waals surface area contributed by atoms with Crippen molar-refractivity contribution in [1.82, 2.24) is 106 Å². The van der Waals surface area contributed by atoms with Gasteiger partial charge in [0.15, 0.2) is 36.7 Å². The Morgan fingerprint density at radius 2 is 0.730 bits per heavy atom. The van der Waals surface area contributed by atoms with Crippen molar-refractivity contribution in [3.63, 3.8) is 0 Å². The number of hydrogen-bond donors (Lipinski definition) is 0. The molecule has 0 aromatic carbocycles. The van der Waals surface area contributed by atoms with Gasteiger partial charge in [-0.15, -0.1) is 10.2 Å². The summed E-state index contributed by atoms with van der Waals surface area (Å²) in [7, 11) is 6.07. The van der Waals surface area contributed by atoms with Crippen molar-refractivity contribution >= 4 is 0 Å². The molecule has 0 aliphatic heterocycles. The molecule has 12 rings (SSSR count). The van der Waals surface area contributed by atoms with E-state index in [1.165, 1.54) is 48.5 Å². The molecule has 0 aliphatic carbocycles. The average Bonchev–Trinajstić information content (AvgIpc) is 0.952. The molecule has 0 atom stereocenters. The predicted octanol–water partition coefficient (Wildman–Crippen LogP) is 20.0. The Morgan fingerprint density at radius 3 is 0.973 bits per heavy atom. The van der Waals surface area contributed by atoms with Crippen LogP contribution in [0, 0.1) is 83.1 Å². The molecule has 0 saturated carbocycles. The zero-order valence-corrected chi connectivity index (χ0v) is 76.5. The summed E-state index contributed by atoms with van der Waals surface area (Å²) in [5.41, 5.74) is 9.97. The maximum Gasteiger partial charge on any atom is 0.177 e. The Labute approximate surface area is 676 Å². The van der Waals surface area contributed by atoms with E-state index in [1.807, 2.05) is 319 Å². The first-order valence-corrected chi connectivity index (χ1v) is 38.8. The number of aryl methyl sites for hydroxylation is 15. The van der Waals surface area contributed by atoms with Gasteiger partial charge >= 0.3 is 0 Å². The van der Waals surface area contributed by atoms with Gasteiger partial charge in [-0.05, 0) is 129 Å². The van der Waals surface area contributed by atoms with Gasteiger partial charge in [0.2, 0.25) is 0 Å².